The quantitative estimate of drug-likeness (QED) is 0.285. The van der Waals surface area contributed by atoms with Gasteiger partial charge in [-0.3, -0.25) is 4.79 Å². The van der Waals surface area contributed by atoms with Gasteiger partial charge in [0.1, 0.15) is 18.5 Å². The second-order valence-corrected chi connectivity index (χ2v) is 9.79. The van der Waals surface area contributed by atoms with Crippen LogP contribution in [-0.2, 0) is 22.3 Å². The topological polar surface area (TPSA) is 114 Å². The van der Waals surface area contributed by atoms with Crippen LogP contribution in [-0.4, -0.2) is 62.2 Å². The molecule has 0 saturated carbocycles. The van der Waals surface area contributed by atoms with Gasteiger partial charge in [0, 0.05) is 24.0 Å². The lowest BCUT2D eigenvalue weighted by Gasteiger charge is -2.23. The second-order valence-electron chi connectivity index (χ2n) is 9.79. The molecule has 5 aromatic rings. The Morgan fingerprint density at radius 2 is 1.79 bits per heavy atom. The molecule has 2 amide bonds. The average Bonchev–Trinajstić information content (AvgIpc) is 3.37. The Morgan fingerprint density at radius 1 is 1.02 bits per heavy atom. The Labute approximate surface area is 241 Å². The van der Waals surface area contributed by atoms with Gasteiger partial charge in [-0.1, -0.05) is 36.4 Å². The minimum atomic E-state index is -4.74. The van der Waals surface area contributed by atoms with Crippen molar-refractivity contribution in [3.05, 3.63) is 89.7 Å². The lowest BCUT2D eigenvalue weighted by molar-refractivity contribution is -0.136. The molecule has 43 heavy (non-hydrogen) atoms. The van der Waals surface area contributed by atoms with Crippen LogP contribution >= 0.6 is 0 Å². The third-order valence-electron chi connectivity index (χ3n) is 6.88. The van der Waals surface area contributed by atoms with Gasteiger partial charge in [0.15, 0.2) is 11.5 Å². The van der Waals surface area contributed by atoms with Crippen molar-refractivity contribution >= 4 is 34.5 Å². The van der Waals surface area contributed by atoms with Crippen molar-refractivity contribution < 1.29 is 31.9 Å². The number of nitrogens with one attached hydrogen (secondary N) is 2. The first kappa shape index (κ1) is 27.9. The molecule has 1 aliphatic heterocycles. The maximum absolute atomic E-state index is 14.0. The number of halogens is 4. The highest BCUT2D eigenvalue weighted by atomic mass is 19.4. The molecule has 0 unspecified atom stereocenters. The highest BCUT2D eigenvalue weighted by molar-refractivity contribution is 5.95. The van der Waals surface area contributed by atoms with Gasteiger partial charge in [-0.2, -0.15) is 17.7 Å². The summed E-state index contributed by atoms with van der Waals surface area (Å²) in [5, 5.41) is 10.1. The number of carbonyl (C=O) groups is 2. The molecule has 3 heterocycles. The van der Waals surface area contributed by atoms with Crippen LogP contribution in [0, 0.1) is 5.82 Å². The van der Waals surface area contributed by atoms with E-state index in [2.05, 4.69) is 25.7 Å². The summed E-state index contributed by atoms with van der Waals surface area (Å²) in [5.74, 6) is -1.09. The van der Waals surface area contributed by atoms with E-state index < -0.39 is 41.1 Å². The average molecular weight is 594 g/mol. The van der Waals surface area contributed by atoms with E-state index in [4.69, 9.17) is 4.74 Å². The van der Waals surface area contributed by atoms with Crippen LogP contribution < -0.4 is 10.6 Å². The van der Waals surface area contributed by atoms with Crippen molar-refractivity contribution in [1.82, 2.24) is 29.8 Å². The van der Waals surface area contributed by atoms with Gasteiger partial charge in [0.25, 0.3) is 0 Å². The fourth-order valence-corrected chi connectivity index (χ4v) is 4.75. The Hall–Kier alpha value is -5.27. The molecule has 0 spiro atoms. The van der Waals surface area contributed by atoms with Crippen molar-refractivity contribution in [3.63, 3.8) is 0 Å². The number of alkyl halides is 3. The molecular formula is C29H23F4N7O3. The van der Waals surface area contributed by atoms with E-state index in [0.29, 0.717) is 5.56 Å². The molecular weight excluding hydrogens is 570 g/mol. The van der Waals surface area contributed by atoms with Crippen LogP contribution in [0.15, 0.2) is 72.8 Å². The van der Waals surface area contributed by atoms with Gasteiger partial charge in [0.05, 0.1) is 17.6 Å². The summed E-state index contributed by atoms with van der Waals surface area (Å²) in [6, 6.07) is 16.8. The molecule has 14 heteroatoms. The molecule has 220 valence electrons. The summed E-state index contributed by atoms with van der Waals surface area (Å²) < 4.78 is 62.2. The Bertz CT molecular complexity index is 1810. The highest BCUT2D eigenvalue weighted by Gasteiger charge is 2.35. The van der Waals surface area contributed by atoms with E-state index in [1.54, 1.807) is 12.1 Å². The number of benzene rings is 3. The number of nitrogens with zero attached hydrogens (tertiary/aromatic N) is 5. The van der Waals surface area contributed by atoms with E-state index in [1.807, 2.05) is 18.2 Å². The minimum absolute atomic E-state index is 0.0217. The van der Waals surface area contributed by atoms with E-state index in [1.165, 1.54) is 45.8 Å². The molecule has 0 radical (unpaired) electrons. The van der Waals surface area contributed by atoms with E-state index in [9.17, 15) is 27.2 Å². The lowest BCUT2D eigenvalue weighted by atomic mass is 10.1. The van der Waals surface area contributed by atoms with Crippen molar-refractivity contribution in [2.75, 3.05) is 25.0 Å². The van der Waals surface area contributed by atoms with Crippen LogP contribution in [0.3, 0.4) is 0 Å². The van der Waals surface area contributed by atoms with Crippen LogP contribution in [0.1, 0.15) is 11.1 Å². The standard InChI is InChI=1S/C29H23F4N7O3/c30-19-11-9-18(10-12-19)24-37-25-20-7-4-8-21(29(31,32)33)23(20)36-27(40(25)38-24)35-22-15-39(14-13-34-26(22)41)28(42)43-16-17-5-2-1-3-6-17/h1-12,22H,13-16H2,(H,34,41)(H,35,36)/t22-/m1/s1. The van der Waals surface area contributed by atoms with E-state index in [0.717, 1.165) is 11.6 Å². The van der Waals surface area contributed by atoms with Crippen molar-refractivity contribution in [1.29, 1.82) is 0 Å². The molecule has 1 fully saturated rings. The maximum atomic E-state index is 14.0. The van der Waals surface area contributed by atoms with E-state index >= 15 is 0 Å². The van der Waals surface area contributed by atoms with Crippen LogP contribution in [0.4, 0.5) is 28.3 Å². The molecule has 0 bridgehead atoms. The third kappa shape index (κ3) is 5.76. The van der Waals surface area contributed by atoms with Crippen molar-refractivity contribution in [2.24, 2.45) is 0 Å². The molecule has 0 aliphatic carbocycles. The largest absolute Gasteiger partial charge is 0.445 e. The minimum Gasteiger partial charge on any atom is -0.445 e. The number of ether oxygens (including phenoxy) is 1. The molecule has 3 aromatic carbocycles. The summed E-state index contributed by atoms with van der Waals surface area (Å²) in [6.45, 7) is 0.136. The van der Waals surface area contributed by atoms with Gasteiger partial charge < -0.3 is 20.3 Å². The van der Waals surface area contributed by atoms with Crippen LogP contribution in [0.25, 0.3) is 27.9 Å². The number of aromatic nitrogens is 4. The highest BCUT2D eigenvalue weighted by Crippen LogP contribution is 2.36. The first-order valence-electron chi connectivity index (χ1n) is 13.2. The SMILES string of the molecule is O=C1NCCN(C(=O)OCc2ccccc2)C[C@H]1Nc1nc2c(C(F)(F)F)cccc2c2nc(-c3ccc(F)cc3)nn12. The van der Waals surface area contributed by atoms with Gasteiger partial charge in [-0.25, -0.2) is 19.2 Å². The lowest BCUT2D eigenvalue weighted by Crippen LogP contribution is -2.44. The monoisotopic (exact) mass is 593 g/mol. The first-order chi connectivity index (χ1) is 20.7. The van der Waals surface area contributed by atoms with Gasteiger partial charge in [0.2, 0.25) is 11.9 Å². The van der Waals surface area contributed by atoms with Crippen molar-refractivity contribution in [3.8, 4) is 11.4 Å². The molecule has 2 N–H and O–H groups in total. The number of anilines is 1. The summed E-state index contributed by atoms with van der Waals surface area (Å²) >= 11 is 0. The fourth-order valence-electron chi connectivity index (χ4n) is 4.75. The second kappa shape index (κ2) is 11.2. The summed E-state index contributed by atoms with van der Waals surface area (Å²) in [6.07, 6.45) is -5.40. The maximum Gasteiger partial charge on any atom is 0.418 e. The van der Waals surface area contributed by atoms with Gasteiger partial charge >= 0.3 is 12.3 Å². The predicted octanol–water partition coefficient (Wildman–Crippen LogP) is 4.65. The zero-order chi connectivity index (χ0) is 30.1. The van der Waals surface area contributed by atoms with Crippen LogP contribution in [0.2, 0.25) is 0 Å². The molecule has 1 atom stereocenters. The number of para-hydroxylation sites is 1. The zero-order valence-corrected chi connectivity index (χ0v) is 22.3. The van der Waals surface area contributed by atoms with Gasteiger partial charge in [-0.15, -0.1) is 5.10 Å². The smallest absolute Gasteiger partial charge is 0.418 e. The predicted molar refractivity (Wildman–Crippen MR) is 147 cm³/mol. The number of amides is 2. The molecule has 1 aliphatic rings. The first-order valence-corrected chi connectivity index (χ1v) is 13.2. The summed E-state index contributed by atoms with van der Waals surface area (Å²) in [7, 11) is 0. The fraction of sp³-hybridized carbons (Fsp3) is 0.207. The molecule has 10 nitrogen and oxygen atoms in total. The number of hydrogen-bond donors (Lipinski definition) is 2. The number of rotatable bonds is 5. The van der Waals surface area contributed by atoms with Crippen molar-refractivity contribution in [2.45, 2.75) is 18.8 Å². The Morgan fingerprint density at radius 3 is 2.53 bits per heavy atom. The molecule has 6 rings (SSSR count). The Balaban J connectivity index is 1.38. The molecule has 1 saturated heterocycles. The van der Waals surface area contributed by atoms with Crippen LogP contribution in [0.5, 0.6) is 0 Å². The molecule has 2 aromatic heterocycles. The number of carbonyl (C=O) groups excluding carboxylic acids is 2. The normalized spacial score (nSPS) is 15.8. The zero-order valence-electron chi connectivity index (χ0n) is 22.3. The van der Waals surface area contributed by atoms with Gasteiger partial charge in [-0.05, 0) is 42.0 Å². The third-order valence-corrected chi connectivity index (χ3v) is 6.88. The number of hydrogen-bond acceptors (Lipinski definition) is 7. The van der Waals surface area contributed by atoms with E-state index in [-0.39, 0.29) is 49.0 Å². The Kier molecular flexibility index (Phi) is 7.26. The summed E-state index contributed by atoms with van der Waals surface area (Å²) in [5.41, 5.74) is -0.183. The summed E-state index contributed by atoms with van der Waals surface area (Å²) in [4.78, 5) is 35.9. The number of fused-ring (bicyclic) bond motifs is 3.